The highest BCUT2D eigenvalue weighted by Crippen LogP contribution is 2.23. The Morgan fingerprint density at radius 2 is 1.47 bits per heavy atom. The number of aliphatic imine (C=N–C) groups is 1. The first-order chi connectivity index (χ1) is 6.31. The molecule has 0 aliphatic rings. The summed E-state index contributed by atoms with van der Waals surface area (Å²) in [6, 6.07) is 0. The van der Waals surface area contributed by atoms with Crippen molar-refractivity contribution in [3.8, 4) is 0 Å². The number of nitrogens with zero attached hydrogens (tertiary/aromatic N) is 1. The van der Waals surface area contributed by atoms with Crippen molar-refractivity contribution < 1.29 is 17.6 Å². The summed E-state index contributed by atoms with van der Waals surface area (Å²) in [7, 11) is -2.28. The summed E-state index contributed by atoms with van der Waals surface area (Å²) in [6.07, 6.45) is -4.51. The van der Waals surface area contributed by atoms with Gasteiger partial charge < -0.3 is 4.43 Å². The summed E-state index contributed by atoms with van der Waals surface area (Å²) in [4.78, 5) is 3.57. The molecule has 15 heavy (non-hydrogen) atoms. The van der Waals surface area contributed by atoms with E-state index >= 15 is 0 Å². The highest BCUT2D eigenvalue weighted by molar-refractivity contribution is 6.71. The number of hydrogen-bond acceptors (Lipinski definition) is 2. The molecule has 0 bridgehead atoms. The fourth-order valence-electron chi connectivity index (χ4n) is 0.739. The first-order valence-electron chi connectivity index (χ1n) is 4.67. The van der Waals surface area contributed by atoms with Crippen LogP contribution < -0.4 is 0 Å². The Bertz CT molecular complexity index is 248. The van der Waals surface area contributed by atoms with Gasteiger partial charge in [-0.15, -0.1) is 0 Å². The van der Waals surface area contributed by atoms with Crippen molar-refractivity contribution in [3.63, 3.8) is 0 Å². The topological polar surface area (TPSA) is 21.6 Å². The van der Waals surface area contributed by atoms with Gasteiger partial charge in [0.25, 0.3) is 5.90 Å². The predicted octanol–water partition coefficient (Wildman–Crippen LogP) is 3.60. The van der Waals surface area contributed by atoms with Crippen molar-refractivity contribution in [2.75, 3.05) is 0 Å². The fourth-order valence-corrected chi connectivity index (χ4v) is 1.48. The van der Waals surface area contributed by atoms with Crippen LogP contribution in [0.2, 0.25) is 19.6 Å². The molecule has 0 aromatic heterocycles. The first-order valence-corrected chi connectivity index (χ1v) is 8.08. The Balaban J connectivity index is 5.02. The van der Waals surface area contributed by atoms with E-state index in [2.05, 4.69) is 4.99 Å². The van der Waals surface area contributed by atoms with Crippen LogP contribution in [-0.2, 0) is 4.43 Å². The van der Waals surface area contributed by atoms with Gasteiger partial charge in [-0.1, -0.05) is 0 Å². The standard InChI is InChI=1S/C9H18F3NOSi/c1-8(2,3)13-7(9(10,11)12)14-15(4,5)6/h1-6H3/b13-7+. The van der Waals surface area contributed by atoms with Crippen LogP contribution in [0.25, 0.3) is 0 Å². The third-order valence-corrected chi connectivity index (χ3v) is 1.89. The largest absolute Gasteiger partial charge is 0.528 e. The van der Waals surface area contributed by atoms with Crippen molar-refractivity contribution in [1.82, 2.24) is 0 Å². The molecule has 0 amide bonds. The second-order valence-corrected chi connectivity index (χ2v) is 9.73. The van der Waals surface area contributed by atoms with Gasteiger partial charge in [0.1, 0.15) is 0 Å². The maximum atomic E-state index is 12.5. The lowest BCUT2D eigenvalue weighted by atomic mass is 10.1. The molecule has 0 saturated carbocycles. The summed E-state index contributed by atoms with van der Waals surface area (Å²) < 4.78 is 42.6. The van der Waals surface area contributed by atoms with E-state index in [-0.39, 0.29) is 0 Å². The lowest BCUT2D eigenvalue weighted by molar-refractivity contribution is -0.0723. The Labute approximate surface area is 89.7 Å². The lowest BCUT2D eigenvalue weighted by Crippen LogP contribution is -2.38. The lowest BCUT2D eigenvalue weighted by Gasteiger charge is -2.24. The molecular formula is C9H18F3NOSi. The normalized spacial score (nSPS) is 15.4. The molecule has 6 heteroatoms. The second-order valence-electron chi connectivity index (χ2n) is 5.30. The molecule has 0 spiro atoms. The van der Waals surface area contributed by atoms with E-state index in [0.717, 1.165) is 0 Å². The summed E-state index contributed by atoms with van der Waals surface area (Å²) in [5, 5.41) is 0. The number of hydrogen-bond donors (Lipinski definition) is 0. The van der Waals surface area contributed by atoms with Gasteiger partial charge in [0.15, 0.2) is 0 Å². The molecule has 0 unspecified atom stereocenters. The molecule has 0 N–H and O–H groups in total. The van der Waals surface area contributed by atoms with E-state index < -0.39 is 25.9 Å². The van der Waals surface area contributed by atoms with Gasteiger partial charge in [-0.05, 0) is 40.4 Å². The number of halogens is 3. The van der Waals surface area contributed by atoms with Crippen LogP contribution in [0.4, 0.5) is 13.2 Å². The van der Waals surface area contributed by atoms with Crippen molar-refractivity contribution in [1.29, 1.82) is 0 Å². The zero-order valence-corrected chi connectivity index (χ0v) is 11.0. The molecule has 0 atom stereocenters. The van der Waals surface area contributed by atoms with Gasteiger partial charge in [-0.3, -0.25) is 0 Å². The highest BCUT2D eigenvalue weighted by Gasteiger charge is 2.41. The van der Waals surface area contributed by atoms with Crippen LogP contribution in [0.1, 0.15) is 20.8 Å². The molecule has 0 rings (SSSR count). The van der Waals surface area contributed by atoms with Crippen LogP contribution in [0.15, 0.2) is 4.99 Å². The van der Waals surface area contributed by atoms with Crippen LogP contribution in [0.5, 0.6) is 0 Å². The molecule has 0 saturated heterocycles. The van der Waals surface area contributed by atoms with Crippen LogP contribution in [-0.4, -0.2) is 25.9 Å². The minimum absolute atomic E-state index is 0.787. The minimum atomic E-state index is -4.51. The molecule has 0 aromatic rings. The quantitative estimate of drug-likeness (QED) is 0.390. The SMILES string of the molecule is CC(C)(C)/N=C(/O[Si](C)(C)C)C(F)(F)F. The van der Waals surface area contributed by atoms with Crippen LogP contribution >= 0.6 is 0 Å². The molecular weight excluding hydrogens is 223 g/mol. The Kier molecular flexibility index (Phi) is 4.01. The fraction of sp³-hybridized carbons (Fsp3) is 0.889. The smallest absolute Gasteiger partial charge is 0.466 e. The molecule has 0 fully saturated rings. The number of alkyl halides is 3. The second kappa shape index (κ2) is 4.15. The third kappa shape index (κ3) is 7.41. The average molecular weight is 241 g/mol. The molecule has 0 radical (unpaired) electrons. The Hall–Kier alpha value is -0.523. The summed E-state index contributed by atoms with van der Waals surface area (Å²) in [6.45, 7) is 9.88. The Morgan fingerprint density at radius 1 is 1.07 bits per heavy atom. The molecule has 0 aliphatic heterocycles. The molecule has 2 nitrogen and oxygen atoms in total. The van der Waals surface area contributed by atoms with Crippen molar-refractivity contribution in [2.24, 2.45) is 4.99 Å². The zero-order valence-electron chi connectivity index (χ0n) is 9.99. The average Bonchev–Trinajstić information content (AvgIpc) is 1.75. The first kappa shape index (κ1) is 14.5. The van der Waals surface area contributed by atoms with Crippen molar-refractivity contribution >= 4 is 14.2 Å². The molecule has 0 aromatic carbocycles. The summed E-state index contributed by atoms with van der Waals surface area (Å²) in [5.74, 6) is -1.10. The van der Waals surface area contributed by atoms with E-state index in [1.54, 1.807) is 40.4 Å². The van der Waals surface area contributed by atoms with Gasteiger partial charge in [-0.25, -0.2) is 4.99 Å². The van der Waals surface area contributed by atoms with Crippen molar-refractivity contribution in [2.45, 2.75) is 52.1 Å². The van der Waals surface area contributed by atoms with Crippen molar-refractivity contribution in [3.05, 3.63) is 0 Å². The van der Waals surface area contributed by atoms with Crippen LogP contribution in [0, 0.1) is 0 Å². The van der Waals surface area contributed by atoms with Gasteiger partial charge in [0.05, 0.1) is 5.54 Å². The zero-order chi connectivity index (χ0) is 12.5. The molecule has 0 aliphatic carbocycles. The van der Waals surface area contributed by atoms with E-state index in [4.69, 9.17) is 4.43 Å². The molecule has 0 heterocycles. The molecule has 90 valence electrons. The van der Waals surface area contributed by atoms with Gasteiger partial charge in [0, 0.05) is 0 Å². The van der Waals surface area contributed by atoms with Gasteiger partial charge in [-0.2, -0.15) is 13.2 Å². The third-order valence-electron chi connectivity index (χ3n) is 1.08. The summed E-state index contributed by atoms with van der Waals surface area (Å²) in [5.41, 5.74) is -0.787. The van der Waals surface area contributed by atoms with E-state index in [1.807, 2.05) is 0 Å². The summed E-state index contributed by atoms with van der Waals surface area (Å²) >= 11 is 0. The maximum Gasteiger partial charge on any atom is 0.466 e. The van der Waals surface area contributed by atoms with Crippen LogP contribution in [0.3, 0.4) is 0 Å². The van der Waals surface area contributed by atoms with E-state index in [0.29, 0.717) is 0 Å². The predicted molar refractivity (Wildman–Crippen MR) is 57.7 cm³/mol. The number of rotatable bonds is 1. The van der Waals surface area contributed by atoms with E-state index in [9.17, 15) is 13.2 Å². The van der Waals surface area contributed by atoms with E-state index in [1.165, 1.54) is 0 Å². The minimum Gasteiger partial charge on any atom is -0.528 e. The monoisotopic (exact) mass is 241 g/mol. The van der Waals surface area contributed by atoms with Gasteiger partial charge >= 0.3 is 6.18 Å². The Morgan fingerprint density at radius 3 is 1.67 bits per heavy atom. The highest BCUT2D eigenvalue weighted by atomic mass is 28.4. The maximum absolute atomic E-state index is 12.5. The van der Waals surface area contributed by atoms with Gasteiger partial charge in [0.2, 0.25) is 8.32 Å².